The van der Waals surface area contributed by atoms with Gasteiger partial charge in [-0.15, -0.1) is 0 Å². The van der Waals surface area contributed by atoms with E-state index in [1.54, 1.807) is 13.8 Å². The van der Waals surface area contributed by atoms with Gasteiger partial charge >= 0.3 is 0 Å². The topological polar surface area (TPSA) is 20.2 Å². The van der Waals surface area contributed by atoms with Crippen molar-refractivity contribution < 1.29 is 9.22 Å². The predicted molar refractivity (Wildman–Crippen MR) is 31.1 cm³/mol. The van der Waals surface area contributed by atoms with E-state index in [-0.39, 0.29) is 12.5 Å². The van der Waals surface area contributed by atoms with Crippen LogP contribution in [0.4, 0.5) is 0 Å². The Morgan fingerprint density at radius 1 is 1.71 bits per heavy atom. The Balaban J connectivity index is 4.07. The van der Waals surface area contributed by atoms with E-state index in [1.165, 1.54) is 0 Å². The van der Waals surface area contributed by atoms with E-state index in [4.69, 9.17) is 9.22 Å². The second kappa shape index (κ2) is 3.03. The first kappa shape index (κ1) is 3.08. The maximum atomic E-state index is 8.67. The molecule has 1 N–H and O–H groups in total. The van der Waals surface area contributed by atoms with E-state index in [0.29, 0.717) is 0 Å². The third-order valence-corrected chi connectivity index (χ3v) is 1.00. The fourth-order valence-electron chi connectivity index (χ4n) is 0.211. The molecule has 0 fully saturated rings. The molecule has 1 heteroatoms. The van der Waals surface area contributed by atoms with Gasteiger partial charge in [0, 0.05) is 10.7 Å². The van der Waals surface area contributed by atoms with E-state index in [2.05, 4.69) is 0 Å². The summed E-state index contributed by atoms with van der Waals surface area (Å²) in [6.45, 7) is 1.33. The van der Waals surface area contributed by atoms with Crippen molar-refractivity contribution in [3.63, 3.8) is 0 Å². The molecule has 0 saturated carbocycles. The van der Waals surface area contributed by atoms with Crippen LogP contribution in [0.3, 0.4) is 0 Å². The lowest BCUT2D eigenvalue weighted by molar-refractivity contribution is 0.203. The summed E-state index contributed by atoms with van der Waals surface area (Å²) in [5, 5.41) is 8.67. The smallest absolute Gasteiger partial charge is 0.0459 e. The number of hydrogen-bond donors (Lipinski definition) is 1. The first-order valence-corrected chi connectivity index (χ1v) is 2.50. The van der Waals surface area contributed by atoms with Crippen molar-refractivity contribution in [3.8, 4) is 0 Å². The minimum atomic E-state index is -2.01. The fraction of sp³-hybridized carbons (Fsp3) is 1.00. The molecule has 0 heterocycles. The molecule has 1 atom stereocenters. The molecule has 0 aliphatic rings. The van der Waals surface area contributed by atoms with Gasteiger partial charge < -0.3 is 5.11 Å². The molecule has 0 aromatic rings. The van der Waals surface area contributed by atoms with Gasteiger partial charge in [-0.2, -0.15) is 0 Å². The molecule has 0 unspecified atom stereocenters. The SMILES string of the molecule is [2H]C([2H])([2H])[C@@H](CO)C(C)C. The molecule has 0 aliphatic carbocycles. The van der Waals surface area contributed by atoms with Gasteiger partial charge in [0.05, 0.1) is 0 Å². The molecule has 0 radical (unpaired) electrons. The molecular formula is C6H14O. The Kier molecular flexibility index (Phi) is 1.33. The van der Waals surface area contributed by atoms with Gasteiger partial charge in [0.25, 0.3) is 0 Å². The number of hydrogen-bond acceptors (Lipinski definition) is 1. The zero-order valence-corrected chi connectivity index (χ0v) is 4.81. The Morgan fingerprint density at radius 2 is 2.29 bits per heavy atom. The van der Waals surface area contributed by atoms with Crippen LogP contribution in [0.2, 0.25) is 0 Å². The first-order chi connectivity index (χ1) is 4.39. The minimum absolute atomic E-state index is 0.0116. The molecule has 0 bridgehead atoms. The summed E-state index contributed by atoms with van der Waals surface area (Å²) in [5.74, 6) is -0.565. The van der Waals surface area contributed by atoms with Gasteiger partial charge in [-0.3, -0.25) is 0 Å². The molecular weight excluding hydrogens is 88.1 g/mol. The van der Waals surface area contributed by atoms with Gasteiger partial charge in [0.15, 0.2) is 0 Å². The van der Waals surface area contributed by atoms with Gasteiger partial charge in [0.1, 0.15) is 0 Å². The molecule has 0 spiro atoms. The third kappa shape index (κ3) is 2.63. The second-order valence-electron chi connectivity index (χ2n) is 2.03. The Morgan fingerprint density at radius 3 is 2.29 bits per heavy atom. The van der Waals surface area contributed by atoms with E-state index < -0.39 is 12.8 Å². The van der Waals surface area contributed by atoms with Crippen molar-refractivity contribution in [1.82, 2.24) is 0 Å². The van der Waals surface area contributed by atoms with Gasteiger partial charge in [0.2, 0.25) is 0 Å². The molecule has 0 aromatic carbocycles. The van der Waals surface area contributed by atoms with Crippen LogP contribution in [-0.4, -0.2) is 11.7 Å². The van der Waals surface area contributed by atoms with Crippen LogP contribution in [0.5, 0.6) is 0 Å². The van der Waals surface area contributed by atoms with E-state index >= 15 is 0 Å². The predicted octanol–water partition coefficient (Wildman–Crippen LogP) is 1.27. The summed E-state index contributed by atoms with van der Waals surface area (Å²) in [7, 11) is 0. The average Bonchev–Trinajstić information content (AvgIpc) is 1.60. The molecule has 0 aromatic heterocycles. The lowest BCUT2D eigenvalue weighted by Crippen LogP contribution is -2.07. The third-order valence-electron chi connectivity index (χ3n) is 1.00. The Labute approximate surface area is 49.6 Å². The van der Waals surface area contributed by atoms with E-state index in [1.807, 2.05) is 0 Å². The van der Waals surface area contributed by atoms with Crippen molar-refractivity contribution in [2.75, 3.05) is 6.61 Å². The van der Waals surface area contributed by atoms with Crippen LogP contribution >= 0.6 is 0 Å². The van der Waals surface area contributed by atoms with Crippen LogP contribution < -0.4 is 0 Å². The summed E-state index contributed by atoms with van der Waals surface area (Å²) in [6.07, 6.45) is 0. The van der Waals surface area contributed by atoms with E-state index in [0.717, 1.165) is 0 Å². The monoisotopic (exact) mass is 105 g/mol. The largest absolute Gasteiger partial charge is 0.396 e. The quantitative estimate of drug-likeness (QED) is 0.560. The molecule has 0 rings (SSSR count). The van der Waals surface area contributed by atoms with Crippen molar-refractivity contribution in [2.24, 2.45) is 11.8 Å². The molecule has 44 valence electrons. The molecule has 7 heavy (non-hydrogen) atoms. The minimum Gasteiger partial charge on any atom is -0.396 e. The standard InChI is InChI=1S/C6H14O/c1-5(2)6(3)4-7/h5-7H,4H2,1-3H3/t6-/m0/s1/i3D3. The average molecular weight is 105 g/mol. The normalized spacial score (nSPS) is 23.1. The lowest BCUT2D eigenvalue weighted by atomic mass is 10.00. The van der Waals surface area contributed by atoms with Crippen LogP contribution in [0, 0.1) is 11.8 Å². The lowest BCUT2D eigenvalue weighted by Gasteiger charge is -2.09. The second-order valence-corrected chi connectivity index (χ2v) is 2.03. The molecule has 0 saturated heterocycles. The summed E-state index contributed by atoms with van der Waals surface area (Å²) in [6, 6.07) is 0. The zero-order valence-electron chi connectivity index (χ0n) is 7.81. The molecule has 1 nitrogen and oxygen atoms in total. The number of rotatable bonds is 2. The zero-order chi connectivity index (χ0) is 8.36. The summed E-state index contributed by atoms with van der Waals surface area (Å²) in [5.41, 5.74) is 0. The van der Waals surface area contributed by atoms with Crippen molar-refractivity contribution in [3.05, 3.63) is 0 Å². The van der Waals surface area contributed by atoms with Crippen molar-refractivity contribution >= 4 is 0 Å². The summed E-state index contributed by atoms with van der Waals surface area (Å²) >= 11 is 0. The summed E-state index contributed by atoms with van der Waals surface area (Å²) in [4.78, 5) is 0. The van der Waals surface area contributed by atoms with Crippen LogP contribution in [-0.2, 0) is 0 Å². The fourth-order valence-corrected chi connectivity index (χ4v) is 0.211. The van der Waals surface area contributed by atoms with Crippen molar-refractivity contribution in [2.45, 2.75) is 20.7 Å². The number of aliphatic hydroxyl groups is 1. The van der Waals surface area contributed by atoms with Gasteiger partial charge in [-0.25, -0.2) is 0 Å². The van der Waals surface area contributed by atoms with Crippen LogP contribution in [0.25, 0.3) is 0 Å². The first-order valence-electron chi connectivity index (χ1n) is 4.00. The molecule has 0 aliphatic heterocycles. The highest BCUT2D eigenvalue weighted by Crippen LogP contribution is 2.06. The van der Waals surface area contributed by atoms with Crippen LogP contribution in [0.1, 0.15) is 24.8 Å². The summed E-state index contributed by atoms with van der Waals surface area (Å²) < 4.78 is 21.0. The maximum absolute atomic E-state index is 8.67. The maximum Gasteiger partial charge on any atom is 0.0459 e. The molecule has 0 amide bonds. The van der Waals surface area contributed by atoms with Gasteiger partial charge in [-0.05, 0) is 11.8 Å². The Bertz CT molecular complexity index is 97.7. The Hall–Kier alpha value is -0.0400. The van der Waals surface area contributed by atoms with Crippen LogP contribution in [0.15, 0.2) is 0 Å². The van der Waals surface area contributed by atoms with Gasteiger partial charge in [-0.1, -0.05) is 20.7 Å². The highest BCUT2D eigenvalue weighted by atomic mass is 16.3. The van der Waals surface area contributed by atoms with Crippen molar-refractivity contribution in [1.29, 1.82) is 0 Å². The highest BCUT2D eigenvalue weighted by Gasteiger charge is 2.02. The highest BCUT2D eigenvalue weighted by molar-refractivity contribution is 4.52. The van der Waals surface area contributed by atoms with E-state index in [9.17, 15) is 0 Å². The number of aliphatic hydroxyl groups excluding tert-OH is 1.